The van der Waals surface area contributed by atoms with Gasteiger partial charge in [0.25, 0.3) is 5.69 Å². The van der Waals surface area contributed by atoms with Crippen LogP contribution in [0.15, 0.2) is 34.7 Å². The lowest BCUT2D eigenvalue weighted by molar-refractivity contribution is -0.387. The van der Waals surface area contributed by atoms with Crippen LogP contribution in [0.2, 0.25) is 5.02 Å². The second-order valence-electron chi connectivity index (χ2n) is 5.07. The molecule has 0 aliphatic carbocycles. The van der Waals surface area contributed by atoms with Crippen molar-refractivity contribution in [2.45, 2.75) is 4.90 Å². The number of nitro groups is 1. The largest absolute Gasteiger partial charge is 0.345 e. The number of anilines is 1. The highest BCUT2D eigenvalue weighted by Gasteiger charge is 2.34. The number of hydrogen-bond donors (Lipinski definition) is 0. The number of thiazole rings is 1. The van der Waals surface area contributed by atoms with Gasteiger partial charge in [-0.3, -0.25) is 10.1 Å². The number of halogens is 1. The molecule has 0 bridgehead atoms. The highest BCUT2D eigenvalue weighted by Crippen LogP contribution is 2.30. The van der Waals surface area contributed by atoms with Crippen LogP contribution >= 0.6 is 22.9 Å². The van der Waals surface area contributed by atoms with Gasteiger partial charge >= 0.3 is 0 Å². The van der Waals surface area contributed by atoms with Gasteiger partial charge in [0.15, 0.2) is 10.0 Å². The first-order valence-corrected chi connectivity index (χ1v) is 9.68. The van der Waals surface area contributed by atoms with Crippen molar-refractivity contribution in [1.29, 1.82) is 0 Å². The minimum Gasteiger partial charge on any atom is -0.345 e. The quantitative estimate of drug-likeness (QED) is 0.588. The van der Waals surface area contributed by atoms with Gasteiger partial charge in [0.05, 0.1) is 4.92 Å². The van der Waals surface area contributed by atoms with E-state index in [0.29, 0.717) is 13.1 Å². The number of nitrogens with zero attached hydrogens (tertiary/aromatic N) is 4. The van der Waals surface area contributed by atoms with Crippen molar-refractivity contribution >= 4 is 43.8 Å². The van der Waals surface area contributed by atoms with Crippen LogP contribution in [0, 0.1) is 10.1 Å². The monoisotopic (exact) mass is 388 g/mol. The van der Waals surface area contributed by atoms with E-state index in [9.17, 15) is 18.5 Å². The van der Waals surface area contributed by atoms with E-state index in [4.69, 9.17) is 11.6 Å². The van der Waals surface area contributed by atoms with Crippen molar-refractivity contribution < 1.29 is 13.3 Å². The number of benzene rings is 1. The third kappa shape index (κ3) is 3.22. The van der Waals surface area contributed by atoms with E-state index in [1.54, 1.807) is 6.20 Å². The number of piperazine rings is 1. The minimum absolute atomic E-state index is 0.120. The summed E-state index contributed by atoms with van der Waals surface area (Å²) in [6, 6.07) is 3.58. The summed E-state index contributed by atoms with van der Waals surface area (Å²) in [4.78, 5) is 16.3. The maximum Gasteiger partial charge on any atom is 0.290 e. The van der Waals surface area contributed by atoms with Crippen LogP contribution in [-0.4, -0.2) is 48.8 Å². The molecule has 1 aromatic carbocycles. The van der Waals surface area contributed by atoms with E-state index in [-0.39, 0.29) is 23.0 Å². The van der Waals surface area contributed by atoms with Crippen LogP contribution in [0.1, 0.15) is 0 Å². The molecule has 8 nitrogen and oxygen atoms in total. The summed E-state index contributed by atoms with van der Waals surface area (Å²) in [5.41, 5.74) is -0.509. The average molecular weight is 389 g/mol. The van der Waals surface area contributed by atoms with Gasteiger partial charge in [0, 0.05) is 48.8 Å². The van der Waals surface area contributed by atoms with Crippen molar-refractivity contribution in [2.24, 2.45) is 0 Å². The Morgan fingerprint density at radius 2 is 1.96 bits per heavy atom. The third-order valence-electron chi connectivity index (χ3n) is 3.66. The summed E-state index contributed by atoms with van der Waals surface area (Å²) < 4.78 is 26.8. The molecule has 2 aromatic rings. The molecule has 1 fully saturated rings. The Bertz CT molecular complexity index is 849. The first-order chi connectivity index (χ1) is 11.4. The van der Waals surface area contributed by atoms with Gasteiger partial charge in [0.2, 0.25) is 10.0 Å². The van der Waals surface area contributed by atoms with Crippen molar-refractivity contribution in [1.82, 2.24) is 9.29 Å². The smallest absolute Gasteiger partial charge is 0.290 e. The molecule has 0 N–H and O–H groups in total. The van der Waals surface area contributed by atoms with Gasteiger partial charge in [-0.1, -0.05) is 11.6 Å². The molecule has 24 heavy (non-hydrogen) atoms. The van der Waals surface area contributed by atoms with Crippen molar-refractivity contribution in [2.75, 3.05) is 31.1 Å². The summed E-state index contributed by atoms with van der Waals surface area (Å²) in [7, 11) is -3.96. The molecule has 0 amide bonds. The second kappa shape index (κ2) is 6.63. The Balaban J connectivity index is 1.84. The van der Waals surface area contributed by atoms with E-state index in [1.165, 1.54) is 27.8 Å². The number of rotatable bonds is 4. The Kier molecular flexibility index (Phi) is 4.72. The summed E-state index contributed by atoms with van der Waals surface area (Å²) in [5.74, 6) is 0. The second-order valence-corrected chi connectivity index (χ2v) is 8.29. The fraction of sp³-hybridized carbons (Fsp3) is 0.308. The Hall–Kier alpha value is -1.75. The van der Waals surface area contributed by atoms with Crippen molar-refractivity contribution in [3.05, 3.63) is 44.9 Å². The molecule has 0 saturated carbocycles. The zero-order valence-corrected chi connectivity index (χ0v) is 14.7. The van der Waals surface area contributed by atoms with Gasteiger partial charge in [-0.25, -0.2) is 13.4 Å². The molecule has 0 atom stereocenters. The molecule has 3 rings (SSSR count). The fourth-order valence-electron chi connectivity index (χ4n) is 2.48. The van der Waals surface area contributed by atoms with Gasteiger partial charge in [-0.15, -0.1) is 11.3 Å². The minimum atomic E-state index is -3.96. The number of nitro benzene ring substituents is 1. The number of hydrogen-bond acceptors (Lipinski definition) is 7. The van der Waals surface area contributed by atoms with E-state index in [2.05, 4.69) is 4.98 Å². The molecule has 0 unspecified atom stereocenters. The van der Waals surface area contributed by atoms with Gasteiger partial charge in [-0.05, 0) is 12.1 Å². The molecular formula is C13H13ClN4O4S2. The van der Waals surface area contributed by atoms with Crippen LogP contribution in [0.4, 0.5) is 10.8 Å². The van der Waals surface area contributed by atoms with Crippen LogP contribution in [0.25, 0.3) is 0 Å². The lowest BCUT2D eigenvalue weighted by Gasteiger charge is -2.33. The fourth-order valence-corrected chi connectivity index (χ4v) is 4.91. The Morgan fingerprint density at radius 1 is 1.25 bits per heavy atom. The SMILES string of the molecule is O=[N+]([O-])c1cc(Cl)ccc1S(=O)(=O)N1CCN(c2nccs2)CC1. The van der Waals surface area contributed by atoms with Gasteiger partial charge in [0.1, 0.15) is 0 Å². The highest BCUT2D eigenvalue weighted by atomic mass is 35.5. The molecule has 11 heteroatoms. The maximum atomic E-state index is 12.8. The zero-order valence-electron chi connectivity index (χ0n) is 12.3. The molecule has 1 saturated heterocycles. The summed E-state index contributed by atoms with van der Waals surface area (Å²) in [6.45, 7) is 1.44. The van der Waals surface area contributed by atoms with Crippen LogP contribution < -0.4 is 4.90 Å². The molecule has 0 spiro atoms. The van der Waals surface area contributed by atoms with Crippen LogP contribution in [0.5, 0.6) is 0 Å². The highest BCUT2D eigenvalue weighted by molar-refractivity contribution is 7.89. The van der Waals surface area contributed by atoms with E-state index < -0.39 is 20.6 Å². The Labute approximate surface area is 147 Å². The first kappa shape index (κ1) is 17.1. The topological polar surface area (TPSA) is 96.6 Å². The molecule has 1 aliphatic rings. The summed E-state index contributed by atoms with van der Waals surface area (Å²) in [6.07, 6.45) is 1.69. The van der Waals surface area contributed by atoms with Gasteiger partial charge in [-0.2, -0.15) is 4.31 Å². The molecule has 1 aromatic heterocycles. The third-order valence-corrected chi connectivity index (χ3v) is 6.68. The lowest BCUT2D eigenvalue weighted by atomic mass is 10.3. The maximum absolute atomic E-state index is 12.8. The van der Waals surface area contributed by atoms with Crippen molar-refractivity contribution in [3.63, 3.8) is 0 Å². The van der Waals surface area contributed by atoms with E-state index in [1.807, 2.05) is 10.3 Å². The zero-order chi connectivity index (χ0) is 17.3. The van der Waals surface area contributed by atoms with Gasteiger partial charge < -0.3 is 4.90 Å². The average Bonchev–Trinajstić information content (AvgIpc) is 3.09. The lowest BCUT2D eigenvalue weighted by Crippen LogP contribution is -2.48. The van der Waals surface area contributed by atoms with Crippen LogP contribution in [0.3, 0.4) is 0 Å². The Morgan fingerprint density at radius 3 is 2.54 bits per heavy atom. The molecule has 0 radical (unpaired) electrons. The number of sulfonamides is 1. The summed E-state index contributed by atoms with van der Waals surface area (Å²) in [5, 5.41) is 14.0. The number of aromatic nitrogens is 1. The van der Waals surface area contributed by atoms with E-state index in [0.717, 1.165) is 11.2 Å². The predicted molar refractivity (Wildman–Crippen MR) is 91.2 cm³/mol. The standard InChI is InChI=1S/C13H13ClN4O4S2/c14-10-1-2-12(11(9-10)18(19)20)24(21,22)17-6-4-16(5-7-17)13-15-3-8-23-13/h1-3,8-9H,4-7H2. The normalized spacial score (nSPS) is 16.3. The predicted octanol–water partition coefficient (Wildman–Crippen LogP) is 2.22. The van der Waals surface area contributed by atoms with E-state index >= 15 is 0 Å². The molecule has 128 valence electrons. The molecule has 2 heterocycles. The van der Waals surface area contributed by atoms with Crippen molar-refractivity contribution in [3.8, 4) is 0 Å². The molecule has 1 aliphatic heterocycles. The molecular weight excluding hydrogens is 376 g/mol. The first-order valence-electron chi connectivity index (χ1n) is 6.98. The summed E-state index contributed by atoms with van der Waals surface area (Å²) >= 11 is 7.23. The van der Waals surface area contributed by atoms with Crippen LogP contribution in [-0.2, 0) is 10.0 Å².